The van der Waals surface area contributed by atoms with E-state index in [2.05, 4.69) is 0 Å². The third-order valence-electron chi connectivity index (χ3n) is 3.06. The van der Waals surface area contributed by atoms with E-state index in [1.165, 1.54) is 0 Å². The van der Waals surface area contributed by atoms with Crippen molar-refractivity contribution in [2.75, 3.05) is 19.8 Å². The minimum atomic E-state index is -1.69. The predicted molar refractivity (Wildman–Crippen MR) is 63.4 cm³/mol. The van der Waals surface area contributed by atoms with Crippen molar-refractivity contribution in [2.45, 2.75) is 49.3 Å². The van der Waals surface area contributed by atoms with Gasteiger partial charge in [0.2, 0.25) is 0 Å². The molecule has 1 heterocycles. The van der Waals surface area contributed by atoms with Gasteiger partial charge in [-0.1, -0.05) is 0 Å². The van der Waals surface area contributed by atoms with Crippen molar-refractivity contribution in [1.29, 1.82) is 0 Å². The number of rotatable bonds is 7. The number of hydrogen-bond donors (Lipinski definition) is 7. The first kappa shape index (κ1) is 17.7. The molecule has 1 fully saturated rings. The molecular formula is C11H22O9. The van der Waals surface area contributed by atoms with Crippen molar-refractivity contribution >= 4 is 0 Å². The van der Waals surface area contributed by atoms with Gasteiger partial charge in [0.1, 0.15) is 30.5 Å². The molecule has 0 spiro atoms. The van der Waals surface area contributed by atoms with Gasteiger partial charge in [-0.3, -0.25) is 0 Å². The molecule has 9 heteroatoms. The second-order valence-corrected chi connectivity index (χ2v) is 4.75. The molecule has 0 saturated carbocycles. The van der Waals surface area contributed by atoms with Crippen molar-refractivity contribution < 1.29 is 45.2 Å². The van der Waals surface area contributed by atoms with Gasteiger partial charge < -0.3 is 45.2 Å². The highest BCUT2D eigenvalue weighted by Crippen LogP contribution is 2.20. The molecule has 0 aromatic rings. The van der Waals surface area contributed by atoms with E-state index in [-0.39, 0.29) is 13.0 Å². The highest BCUT2D eigenvalue weighted by atomic mass is 16.7. The summed E-state index contributed by atoms with van der Waals surface area (Å²) in [6, 6.07) is 0. The summed E-state index contributed by atoms with van der Waals surface area (Å²) in [5.41, 5.74) is 0. The molecule has 0 aliphatic carbocycles. The summed E-state index contributed by atoms with van der Waals surface area (Å²) in [6.07, 6.45) is -9.58. The summed E-state index contributed by atoms with van der Waals surface area (Å²) in [6.45, 7) is -1.63. The van der Waals surface area contributed by atoms with Crippen LogP contribution in [0.4, 0.5) is 0 Å². The van der Waals surface area contributed by atoms with E-state index in [0.717, 1.165) is 0 Å². The van der Waals surface area contributed by atoms with Crippen LogP contribution < -0.4 is 0 Å². The maximum Gasteiger partial charge on any atom is 0.184 e. The fourth-order valence-corrected chi connectivity index (χ4v) is 1.89. The van der Waals surface area contributed by atoms with Crippen LogP contribution in [-0.4, -0.2) is 98.5 Å². The van der Waals surface area contributed by atoms with Gasteiger partial charge in [-0.25, -0.2) is 0 Å². The Kier molecular flexibility index (Phi) is 7.23. The fraction of sp³-hybridized carbons (Fsp3) is 1.00. The van der Waals surface area contributed by atoms with Crippen LogP contribution in [0.25, 0.3) is 0 Å². The zero-order valence-electron chi connectivity index (χ0n) is 10.8. The molecule has 120 valence electrons. The number of ether oxygens (including phenoxy) is 2. The summed E-state index contributed by atoms with van der Waals surface area (Å²) in [7, 11) is 0. The highest BCUT2D eigenvalue weighted by molar-refractivity contribution is 4.84. The van der Waals surface area contributed by atoms with Gasteiger partial charge in [0, 0.05) is 6.42 Å². The third-order valence-corrected chi connectivity index (χ3v) is 3.06. The zero-order chi connectivity index (χ0) is 15.3. The monoisotopic (exact) mass is 298 g/mol. The van der Waals surface area contributed by atoms with Crippen molar-refractivity contribution in [3.05, 3.63) is 0 Å². The van der Waals surface area contributed by atoms with Crippen LogP contribution in [0.3, 0.4) is 0 Å². The second kappa shape index (κ2) is 8.17. The average Bonchev–Trinajstić information content (AvgIpc) is 2.44. The molecular weight excluding hydrogens is 276 g/mol. The Morgan fingerprint density at radius 2 is 1.65 bits per heavy atom. The lowest BCUT2D eigenvalue weighted by molar-refractivity contribution is -0.282. The molecule has 1 aliphatic heterocycles. The van der Waals surface area contributed by atoms with E-state index in [4.69, 9.17) is 19.7 Å². The number of aliphatic hydroxyl groups is 7. The Balaban J connectivity index is 2.69. The summed E-state index contributed by atoms with van der Waals surface area (Å²) >= 11 is 0. The summed E-state index contributed by atoms with van der Waals surface area (Å²) in [5.74, 6) is 0. The first-order valence-corrected chi connectivity index (χ1v) is 6.29. The quantitative estimate of drug-likeness (QED) is 0.248. The van der Waals surface area contributed by atoms with E-state index in [1.54, 1.807) is 0 Å². The van der Waals surface area contributed by atoms with Crippen LogP contribution in [0, 0.1) is 0 Å². The van der Waals surface area contributed by atoms with Gasteiger partial charge in [0.15, 0.2) is 6.29 Å². The maximum atomic E-state index is 9.76. The largest absolute Gasteiger partial charge is 0.394 e. The molecule has 0 unspecified atom stereocenters. The maximum absolute atomic E-state index is 9.76. The van der Waals surface area contributed by atoms with Gasteiger partial charge in [0.05, 0.1) is 25.9 Å². The molecule has 0 bridgehead atoms. The zero-order valence-corrected chi connectivity index (χ0v) is 10.8. The Morgan fingerprint density at radius 1 is 1.05 bits per heavy atom. The summed E-state index contributed by atoms with van der Waals surface area (Å²) in [4.78, 5) is 0. The SMILES string of the molecule is OC[C@@H](O)[C@@H](O[C@H]1OC[C@@H](O)C[C@H]1O)[C@H](O)[C@@H](O)CO. The minimum absolute atomic E-state index is 0.00867. The molecule has 1 aliphatic rings. The normalized spacial score (nSPS) is 33.5. The second-order valence-electron chi connectivity index (χ2n) is 4.75. The smallest absolute Gasteiger partial charge is 0.184 e. The van der Waals surface area contributed by atoms with Crippen LogP contribution >= 0.6 is 0 Å². The summed E-state index contributed by atoms with van der Waals surface area (Å²) in [5, 5.41) is 65.3. The van der Waals surface area contributed by atoms with Crippen molar-refractivity contribution in [2.24, 2.45) is 0 Å². The topological polar surface area (TPSA) is 160 Å². The third kappa shape index (κ3) is 4.58. The Labute approximate surface area is 115 Å². The van der Waals surface area contributed by atoms with E-state index in [9.17, 15) is 25.5 Å². The Bertz CT molecular complexity index is 277. The first-order valence-electron chi connectivity index (χ1n) is 6.29. The van der Waals surface area contributed by atoms with Crippen LogP contribution in [0.1, 0.15) is 6.42 Å². The van der Waals surface area contributed by atoms with Crippen LogP contribution in [0.5, 0.6) is 0 Å². The fourth-order valence-electron chi connectivity index (χ4n) is 1.89. The van der Waals surface area contributed by atoms with E-state index < -0.39 is 56.1 Å². The Morgan fingerprint density at radius 3 is 2.15 bits per heavy atom. The van der Waals surface area contributed by atoms with Gasteiger partial charge in [0.25, 0.3) is 0 Å². The van der Waals surface area contributed by atoms with Crippen molar-refractivity contribution in [3.8, 4) is 0 Å². The van der Waals surface area contributed by atoms with Crippen molar-refractivity contribution in [1.82, 2.24) is 0 Å². The lowest BCUT2D eigenvalue weighted by atomic mass is 10.0. The molecule has 7 atom stereocenters. The Hall–Kier alpha value is -0.360. The number of hydrogen-bond acceptors (Lipinski definition) is 9. The predicted octanol–water partition coefficient (Wildman–Crippen LogP) is -4.09. The first-order chi connectivity index (χ1) is 9.40. The molecule has 9 nitrogen and oxygen atoms in total. The molecule has 0 aromatic heterocycles. The number of aliphatic hydroxyl groups excluding tert-OH is 7. The molecule has 1 rings (SSSR count). The van der Waals surface area contributed by atoms with Crippen LogP contribution in [0.15, 0.2) is 0 Å². The van der Waals surface area contributed by atoms with Crippen LogP contribution in [-0.2, 0) is 9.47 Å². The standard InChI is InChI=1S/C11H22O9/c12-2-7(16)9(18)10(8(17)3-13)20-11-6(15)1-5(14)4-19-11/h5-18H,1-4H2/t5-,6+,7-,8+,9+,10+,11+/m0/s1. The minimum Gasteiger partial charge on any atom is -0.394 e. The lowest BCUT2D eigenvalue weighted by Crippen LogP contribution is -2.53. The van der Waals surface area contributed by atoms with E-state index >= 15 is 0 Å². The van der Waals surface area contributed by atoms with E-state index in [1.807, 2.05) is 0 Å². The van der Waals surface area contributed by atoms with Gasteiger partial charge >= 0.3 is 0 Å². The molecule has 0 aromatic carbocycles. The molecule has 0 radical (unpaired) electrons. The molecule has 20 heavy (non-hydrogen) atoms. The van der Waals surface area contributed by atoms with Gasteiger partial charge in [-0.05, 0) is 0 Å². The molecule has 1 saturated heterocycles. The van der Waals surface area contributed by atoms with Gasteiger partial charge in [-0.2, -0.15) is 0 Å². The van der Waals surface area contributed by atoms with Gasteiger partial charge in [-0.15, -0.1) is 0 Å². The molecule has 0 amide bonds. The lowest BCUT2D eigenvalue weighted by Gasteiger charge is -2.36. The van der Waals surface area contributed by atoms with E-state index in [0.29, 0.717) is 0 Å². The van der Waals surface area contributed by atoms with Crippen LogP contribution in [0.2, 0.25) is 0 Å². The van der Waals surface area contributed by atoms with Crippen molar-refractivity contribution in [3.63, 3.8) is 0 Å². The molecule has 7 N–H and O–H groups in total. The average molecular weight is 298 g/mol. The highest BCUT2D eigenvalue weighted by Gasteiger charge is 2.38. The summed E-state index contributed by atoms with van der Waals surface area (Å²) < 4.78 is 10.2.